The zero-order valence-corrected chi connectivity index (χ0v) is 6.20. The van der Waals surface area contributed by atoms with E-state index in [9.17, 15) is 9.59 Å². The number of H-pyrrole nitrogens is 1. The summed E-state index contributed by atoms with van der Waals surface area (Å²) >= 11 is 0. The SMILES string of the molecule is NC(=O)CNc1ncc[nH]c1=O. The van der Waals surface area contributed by atoms with Gasteiger partial charge in [0.1, 0.15) is 0 Å². The lowest BCUT2D eigenvalue weighted by Crippen LogP contribution is -2.25. The second-order valence-electron chi connectivity index (χ2n) is 2.09. The molecular formula is C6H8N4O2. The minimum atomic E-state index is -0.542. The Morgan fingerprint density at radius 1 is 1.75 bits per heavy atom. The number of nitrogens with two attached hydrogens (primary N) is 1. The first-order valence-electron chi connectivity index (χ1n) is 3.26. The molecule has 1 heterocycles. The number of primary amides is 1. The Hall–Kier alpha value is -1.85. The molecule has 0 unspecified atom stereocenters. The first-order chi connectivity index (χ1) is 5.70. The van der Waals surface area contributed by atoms with Gasteiger partial charge in [0.2, 0.25) is 5.91 Å². The van der Waals surface area contributed by atoms with Crippen molar-refractivity contribution in [3.63, 3.8) is 0 Å². The number of anilines is 1. The molecular weight excluding hydrogens is 160 g/mol. The minimum absolute atomic E-state index is 0.0938. The van der Waals surface area contributed by atoms with Gasteiger partial charge >= 0.3 is 0 Å². The van der Waals surface area contributed by atoms with Gasteiger partial charge in [0, 0.05) is 12.4 Å². The Bertz CT molecular complexity index is 332. The van der Waals surface area contributed by atoms with Gasteiger partial charge in [0.15, 0.2) is 5.82 Å². The number of carbonyl (C=O) groups excluding carboxylic acids is 1. The number of amides is 1. The maximum atomic E-state index is 10.9. The van der Waals surface area contributed by atoms with E-state index in [-0.39, 0.29) is 17.9 Å². The quantitative estimate of drug-likeness (QED) is 0.520. The van der Waals surface area contributed by atoms with Crippen molar-refractivity contribution in [1.29, 1.82) is 0 Å². The van der Waals surface area contributed by atoms with Crippen LogP contribution < -0.4 is 16.6 Å². The topological polar surface area (TPSA) is 101 Å². The van der Waals surface area contributed by atoms with Gasteiger partial charge in [-0.15, -0.1) is 0 Å². The molecule has 0 aromatic carbocycles. The molecule has 1 rings (SSSR count). The van der Waals surface area contributed by atoms with Crippen molar-refractivity contribution in [3.05, 3.63) is 22.7 Å². The average Bonchev–Trinajstić information content (AvgIpc) is 2.03. The van der Waals surface area contributed by atoms with Crippen LogP contribution in [0.5, 0.6) is 0 Å². The lowest BCUT2D eigenvalue weighted by Gasteiger charge is -1.98. The minimum Gasteiger partial charge on any atom is -0.368 e. The van der Waals surface area contributed by atoms with Gasteiger partial charge in [0.25, 0.3) is 5.56 Å². The summed E-state index contributed by atoms with van der Waals surface area (Å²) in [6.45, 7) is -0.0971. The van der Waals surface area contributed by atoms with Gasteiger partial charge in [0.05, 0.1) is 6.54 Å². The van der Waals surface area contributed by atoms with Crippen LogP contribution in [0, 0.1) is 0 Å². The Labute approximate surface area is 67.8 Å². The molecule has 1 amide bonds. The van der Waals surface area contributed by atoms with Crippen molar-refractivity contribution in [2.75, 3.05) is 11.9 Å². The van der Waals surface area contributed by atoms with E-state index in [4.69, 9.17) is 5.73 Å². The van der Waals surface area contributed by atoms with E-state index in [0.29, 0.717) is 0 Å². The fourth-order valence-corrected chi connectivity index (χ4v) is 0.649. The Kier molecular flexibility index (Phi) is 2.42. The van der Waals surface area contributed by atoms with E-state index in [2.05, 4.69) is 15.3 Å². The highest BCUT2D eigenvalue weighted by Gasteiger charge is 1.99. The molecule has 0 saturated heterocycles. The lowest BCUT2D eigenvalue weighted by atomic mass is 10.5. The summed E-state index contributed by atoms with van der Waals surface area (Å²) in [7, 11) is 0. The van der Waals surface area contributed by atoms with Gasteiger partial charge in [-0.2, -0.15) is 0 Å². The van der Waals surface area contributed by atoms with E-state index >= 15 is 0 Å². The summed E-state index contributed by atoms with van der Waals surface area (Å²) in [5.74, 6) is -0.448. The summed E-state index contributed by atoms with van der Waals surface area (Å²) in [6, 6.07) is 0. The van der Waals surface area contributed by atoms with Gasteiger partial charge in [-0.1, -0.05) is 0 Å². The molecule has 0 aliphatic carbocycles. The molecule has 0 aliphatic rings. The van der Waals surface area contributed by atoms with Crippen LogP contribution in [0.2, 0.25) is 0 Å². The van der Waals surface area contributed by atoms with Gasteiger partial charge in [-0.05, 0) is 0 Å². The van der Waals surface area contributed by atoms with E-state index in [0.717, 1.165) is 0 Å². The number of hydrogen-bond acceptors (Lipinski definition) is 4. The number of aromatic amines is 1. The van der Waals surface area contributed by atoms with Crippen LogP contribution in [0.4, 0.5) is 5.82 Å². The Morgan fingerprint density at radius 3 is 3.08 bits per heavy atom. The molecule has 0 atom stereocenters. The maximum Gasteiger partial charge on any atom is 0.290 e. The fourth-order valence-electron chi connectivity index (χ4n) is 0.649. The molecule has 6 nitrogen and oxygen atoms in total. The third-order valence-electron chi connectivity index (χ3n) is 1.14. The van der Waals surface area contributed by atoms with Crippen LogP contribution in [-0.2, 0) is 4.79 Å². The molecule has 1 aromatic rings. The zero-order chi connectivity index (χ0) is 8.97. The average molecular weight is 168 g/mol. The number of nitrogens with one attached hydrogen (secondary N) is 2. The number of nitrogens with zero attached hydrogens (tertiary/aromatic N) is 1. The third kappa shape index (κ3) is 2.08. The van der Waals surface area contributed by atoms with Crippen molar-refractivity contribution in [2.45, 2.75) is 0 Å². The highest BCUT2D eigenvalue weighted by Crippen LogP contribution is 1.86. The van der Waals surface area contributed by atoms with Crippen molar-refractivity contribution in [3.8, 4) is 0 Å². The van der Waals surface area contributed by atoms with Crippen molar-refractivity contribution in [1.82, 2.24) is 9.97 Å². The highest BCUT2D eigenvalue weighted by molar-refractivity contribution is 5.78. The van der Waals surface area contributed by atoms with Crippen LogP contribution in [0.1, 0.15) is 0 Å². The van der Waals surface area contributed by atoms with E-state index in [1.165, 1.54) is 12.4 Å². The van der Waals surface area contributed by atoms with Crippen molar-refractivity contribution >= 4 is 11.7 Å². The predicted octanol–water partition coefficient (Wildman–Crippen LogP) is -1.33. The van der Waals surface area contributed by atoms with Crippen molar-refractivity contribution in [2.24, 2.45) is 5.73 Å². The first kappa shape index (κ1) is 8.25. The lowest BCUT2D eigenvalue weighted by molar-refractivity contribution is -0.116. The Balaban J connectivity index is 2.70. The van der Waals surface area contributed by atoms with Gasteiger partial charge < -0.3 is 16.0 Å². The molecule has 0 aliphatic heterocycles. The molecule has 64 valence electrons. The molecule has 1 aromatic heterocycles. The fraction of sp³-hybridized carbons (Fsp3) is 0.167. The third-order valence-corrected chi connectivity index (χ3v) is 1.14. The standard InChI is InChI=1S/C6H8N4O2/c7-4(11)3-10-5-6(12)9-2-1-8-5/h1-2H,3H2,(H2,7,11)(H,8,10)(H,9,12). The number of hydrogen-bond donors (Lipinski definition) is 3. The van der Waals surface area contributed by atoms with Crippen molar-refractivity contribution < 1.29 is 4.79 Å². The van der Waals surface area contributed by atoms with Crippen LogP contribution in [-0.4, -0.2) is 22.4 Å². The molecule has 6 heteroatoms. The zero-order valence-electron chi connectivity index (χ0n) is 6.20. The molecule has 12 heavy (non-hydrogen) atoms. The summed E-state index contributed by atoms with van der Waals surface area (Å²) < 4.78 is 0. The summed E-state index contributed by atoms with van der Waals surface area (Å²) in [4.78, 5) is 27.3. The maximum absolute atomic E-state index is 10.9. The van der Waals surface area contributed by atoms with Crippen LogP contribution in [0.25, 0.3) is 0 Å². The van der Waals surface area contributed by atoms with Crippen LogP contribution in [0.15, 0.2) is 17.2 Å². The largest absolute Gasteiger partial charge is 0.368 e. The van der Waals surface area contributed by atoms with E-state index in [1.807, 2.05) is 0 Å². The molecule has 0 bridgehead atoms. The normalized spacial score (nSPS) is 9.33. The highest BCUT2D eigenvalue weighted by atomic mass is 16.1. The molecule has 0 fully saturated rings. The van der Waals surface area contributed by atoms with Crippen LogP contribution in [0.3, 0.4) is 0 Å². The smallest absolute Gasteiger partial charge is 0.290 e. The molecule has 4 N–H and O–H groups in total. The molecule has 0 saturated carbocycles. The number of rotatable bonds is 3. The monoisotopic (exact) mass is 168 g/mol. The summed E-state index contributed by atoms with van der Waals surface area (Å²) in [5, 5.41) is 2.48. The second kappa shape index (κ2) is 3.51. The first-order valence-corrected chi connectivity index (χ1v) is 3.26. The molecule has 0 spiro atoms. The molecule has 0 radical (unpaired) electrons. The van der Waals surface area contributed by atoms with E-state index in [1.54, 1.807) is 0 Å². The summed E-state index contributed by atoms with van der Waals surface area (Å²) in [5.41, 5.74) is 4.47. The van der Waals surface area contributed by atoms with E-state index < -0.39 is 5.91 Å². The summed E-state index contributed by atoms with van der Waals surface area (Å²) in [6.07, 6.45) is 2.81. The second-order valence-corrected chi connectivity index (χ2v) is 2.09. The number of carbonyl (C=O) groups is 1. The number of aromatic nitrogens is 2. The van der Waals surface area contributed by atoms with Gasteiger partial charge in [-0.3, -0.25) is 9.59 Å². The van der Waals surface area contributed by atoms with Crippen LogP contribution >= 0.6 is 0 Å². The Morgan fingerprint density at radius 2 is 2.50 bits per heavy atom. The van der Waals surface area contributed by atoms with Gasteiger partial charge in [-0.25, -0.2) is 4.98 Å². The predicted molar refractivity (Wildman–Crippen MR) is 42.5 cm³/mol.